The summed E-state index contributed by atoms with van der Waals surface area (Å²) in [5.41, 5.74) is 3.27. The number of aliphatic hydroxyl groups is 2. The Morgan fingerprint density at radius 2 is 1.84 bits per heavy atom. The number of phenols is 1. The summed E-state index contributed by atoms with van der Waals surface area (Å²) in [7, 11) is 0. The largest absolute Gasteiger partial charge is 0.508 e. The molecule has 5 N–H and O–H groups in total. The van der Waals surface area contributed by atoms with Crippen molar-refractivity contribution in [2.24, 2.45) is 0 Å². The highest BCUT2D eigenvalue weighted by Crippen LogP contribution is 2.33. The van der Waals surface area contributed by atoms with Gasteiger partial charge in [-0.3, -0.25) is 4.79 Å². The third-order valence-corrected chi connectivity index (χ3v) is 6.11. The van der Waals surface area contributed by atoms with Gasteiger partial charge < -0.3 is 40.0 Å². The predicted molar refractivity (Wildman–Crippen MR) is 141 cm³/mol. The Morgan fingerprint density at radius 1 is 1.08 bits per heavy atom. The van der Waals surface area contributed by atoms with Gasteiger partial charge in [-0.25, -0.2) is 0 Å². The fourth-order valence-corrected chi connectivity index (χ4v) is 4.00. The molecule has 3 atom stereocenters. The first kappa shape index (κ1) is 28.9. The number of nitrogens with one attached hydrogen (secondary N) is 1. The van der Waals surface area contributed by atoms with E-state index < -0.39 is 6.10 Å². The van der Waals surface area contributed by atoms with Crippen molar-refractivity contribution < 1.29 is 39.4 Å². The summed E-state index contributed by atoms with van der Waals surface area (Å²) in [5.74, 6) is 1.47. The van der Waals surface area contributed by atoms with Crippen molar-refractivity contribution in [2.45, 2.75) is 38.3 Å². The van der Waals surface area contributed by atoms with Crippen LogP contribution in [0.15, 0.2) is 66.7 Å². The molecular formula is C29H35NO8. The number of fused-ring (bicyclic) bond motifs is 1. The highest BCUT2D eigenvalue weighted by Gasteiger charge is 2.22. The molecule has 1 heterocycles. The lowest BCUT2D eigenvalue weighted by molar-refractivity contribution is -0.122. The zero-order chi connectivity index (χ0) is 27.3. The lowest BCUT2D eigenvalue weighted by atomic mass is 10.1. The number of carbonyl (C=O) groups is 1. The second-order valence-corrected chi connectivity index (χ2v) is 8.84. The molecule has 38 heavy (non-hydrogen) atoms. The van der Waals surface area contributed by atoms with Crippen LogP contribution in [0.3, 0.4) is 0 Å². The van der Waals surface area contributed by atoms with Crippen molar-refractivity contribution in [3.63, 3.8) is 0 Å². The molecule has 0 saturated heterocycles. The summed E-state index contributed by atoms with van der Waals surface area (Å²) in [6, 6.07) is 20.8. The molecule has 0 amide bonds. The molecule has 4 rings (SSSR count). The summed E-state index contributed by atoms with van der Waals surface area (Å²) in [5, 5.41) is 39.5. The van der Waals surface area contributed by atoms with Crippen LogP contribution in [0.1, 0.15) is 41.4 Å². The molecule has 3 aromatic carbocycles. The molecule has 0 aromatic heterocycles. The first-order valence-corrected chi connectivity index (χ1v) is 12.4. The van der Waals surface area contributed by atoms with Crippen LogP contribution >= 0.6 is 0 Å². The van der Waals surface area contributed by atoms with E-state index in [4.69, 9.17) is 24.1 Å². The number of aromatic hydroxyl groups is 1. The summed E-state index contributed by atoms with van der Waals surface area (Å²) < 4.78 is 18.0. The monoisotopic (exact) mass is 525 g/mol. The van der Waals surface area contributed by atoms with Crippen molar-refractivity contribution in [2.75, 3.05) is 26.3 Å². The van der Waals surface area contributed by atoms with Crippen LogP contribution in [0.2, 0.25) is 0 Å². The van der Waals surface area contributed by atoms with Crippen LogP contribution in [-0.4, -0.2) is 59.3 Å². The number of hydrogen-bond acceptors (Lipinski definition) is 8. The Balaban J connectivity index is 0.00000127. The molecule has 0 fully saturated rings. The van der Waals surface area contributed by atoms with Crippen molar-refractivity contribution in [3.8, 4) is 17.2 Å². The van der Waals surface area contributed by atoms with Crippen molar-refractivity contribution >= 4 is 6.47 Å². The topological polar surface area (TPSA) is 138 Å². The third-order valence-electron chi connectivity index (χ3n) is 6.11. The van der Waals surface area contributed by atoms with Crippen LogP contribution in [0, 0.1) is 0 Å². The molecule has 0 spiro atoms. The zero-order valence-corrected chi connectivity index (χ0v) is 21.3. The highest BCUT2D eigenvalue weighted by atomic mass is 16.6. The van der Waals surface area contributed by atoms with Gasteiger partial charge in [0.2, 0.25) is 0 Å². The Kier molecular flexibility index (Phi) is 11.4. The first-order valence-electron chi connectivity index (χ1n) is 12.4. The van der Waals surface area contributed by atoms with Gasteiger partial charge in [-0.1, -0.05) is 42.5 Å². The van der Waals surface area contributed by atoms with Gasteiger partial charge in [-0.05, 0) is 60.8 Å². The second kappa shape index (κ2) is 14.9. The van der Waals surface area contributed by atoms with E-state index in [1.165, 1.54) is 6.07 Å². The Labute approximate surface area is 222 Å². The number of ether oxygens (including phenoxy) is 3. The van der Waals surface area contributed by atoms with E-state index in [9.17, 15) is 15.3 Å². The van der Waals surface area contributed by atoms with Gasteiger partial charge in [0.1, 0.15) is 12.4 Å². The maximum absolute atomic E-state index is 10.4. The normalized spacial score (nSPS) is 15.6. The summed E-state index contributed by atoms with van der Waals surface area (Å²) in [6.07, 6.45) is -0.176. The molecule has 0 radical (unpaired) electrons. The number of benzene rings is 3. The smallest absolute Gasteiger partial charge is 0.290 e. The summed E-state index contributed by atoms with van der Waals surface area (Å²) >= 11 is 0. The van der Waals surface area contributed by atoms with Gasteiger partial charge in [-0.15, -0.1) is 0 Å². The molecule has 0 saturated carbocycles. The summed E-state index contributed by atoms with van der Waals surface area (Å²) in [4.78, 5) is 8.36. The van der Waals surface area contributed by atoms with E-state index in [2.05, 4.69) is 17.4 Å². The highest BCUT2D eigenvalue weighted by molar-refractivity contribution is 5.44. The fraction of sp³-hybridized carbons (Fsp3) is 0.345. The van der Waals surface area contributed by atoms with Crippen LogP contribution in [0.5, 0.6) is 17.2 Å². The lowest BCUT2D eigenvalue weighted by Crippen LogP contribution is -2.33. The minimum Gasteiger partial charge on any atom is -0.508 e. The van der Waals surface area contributed by atoms with E-state index in [1.54, 1.807) is 12.1 Å². The van der Waals surface area contributed by atoms with E-state index in [0.717, 1.165) is 29.0 Å². The lowest BCUT2D eigenvalue weighted by Gasteiger charge is -2.28. The molecule has 204 valence electrons. The van der Waals surface area contributed by atoms with Crippen LogP contribution in [0.25, 0.3) is 0 Å². The molecule has 9 nitrogen and oxygen atoms in total. The van der Waals surface area contributed by atoms with Crippen LogP contribution in [-0.2, 0) is 22.6 Å². The minimum atomic E-state index is -0.736. The van der Waals surface area contributed by atoms with Gasteiger partial charge >= 0.3 is 0 Å². The zero-order valence-electron chi connectivity index (χ0n) is 21.3. The molecule has 0 aliphatic carbocycles. The van der Waals surface area contributed by atoms with Crippen LogP contribution in [0.4, 0.5) is 0 Å². The number of carboxylic acid groups (broad SMARTS) is 1. The van der Waals surface area contributed by atoms with E-state index in [-0.39, 0.29) is 31.0 Å². The van der Waals surface area contributed by atoms with Gasteiger partial charge in [-0.2, -0.15) is 0 Å². The molecule has 1 unspecified atom stereocenters. The molecular weight excluding hydrogens is 490 g/mol. The number of rotatable bonds is 11. The quantitative estimate of drug-likeness (QED) is 0.188. The van der Waals surface area contributed by atoms with Gasteiger partial charge in [0.05, 0.1) is 25.4 Å². The summed E-state index contributed by atoms with van der Waals surface area (Å²) in [6.45, 7) is 3.42. The minimum absolute atomic E-state index is 0.0224. The molecule has 3 aromatic rings. The SMILES string of the molecule is CC(OC[C@@H]1COc2ccc(CCNC[C@H](O)c3ccc(O)c(CO)c3)cc2O1)c1ccccc1.O=CO. The average Bonchev–Trinajstić information content (AvgIpc) is 2.94. The second-order valence-electron chi connectivity index (χ2n) is 8.84. The standard InChI is InChI=1S/C28H33NO6.CH2O2/c1-19(21-5-3-2-4-6-21)33-17-24-18-34-27-10-7-20(13-28(27)35-24)11-12-29-15-26(32)22-8-9-25(31)23(14-22)16-30;2-1-3/h2-10,13-14,19,24,26,29-32H,11-12,15-18H2,1H3;1H,(H,2,3)/t19?,24-,26+;/m1./s1. The Hall–Kier alpha value is -3.63. The number of aliphatic hydroxyl groups excluding tert-OH is 2. The Morgan fingerprint density at radius 3 is 2.58 bits per heavy atom. The first-order chi connectivity index (χ1) is 18.4. The Bertz CT molecular complexity index is 1140. The van der Waals surface area contributed by atoms with Crippen molar-refractivity contribution in [1.82, 2.24) is 5.32 Å². The fourth-order valence-electron chi connectivity index (χ4n) is 4.00. The molecule has 0 bridgehead atoms. The van der Waals surface area contributed by atoms with Crippen LogP contribution < -0.4 is 14.8 Å². The van der Waals surface area contributed by atoms with E-state index >= 15 is 0 Å². The predicted octanol–water partition coefficient (Wildman–Crippen LogP) is 3.37. The van der Waals surface area contributed by atoms with Gasteiger partial charge in [0, 0.05) is 12.1 Å². The van der Waals surface area contributed by atoms with E-state index in [1.807, 2.05) is 43.3 Å². The molecule has 9 heteroatoms. The van der Waals surface area contributed by atoms with Crippen molar-refractivity contribution in [1.29, 1.82) is 0 Å². The number of hydrogen-bond donors (Lipinski definition) is 5. The maximum Gasteiger partial charge on any atom is 0.290 e. The van der Waals surface area contributed by atoms with Gasteiger partial charge in [0.15, 0.2) is 17.6 Å². The van der Waals surface area contributed by atoms with E-state index in [0.29, 0.717) is 37.4 Å². The molecule has 1 aliphatic heterocycles. The third kappa shape index (κ3) is 8.46. The average molecular weight is 526 g/mol. The molecule has 1 aliphatic rings. The maximum atomic E-state index is 10.4. The van der Waals surface area contributed by atoms with Crippen molar-refractivity contribution in [3.05, 3.63) is 89.0 Å². The van der Waals surface area contributed by atoms with Gasteiger partial charge in [0.25, 0.3) is 6.47 Å².